The molecule has 2 aromatic carbocycles. The maximum absolute atomic E-state index is 6.31. The Labute approximate surface area is 168 Å². The van der Waals surface area contributed by atoms with E-state index in [1.807, 2.05) is 38.1 Å². The largest absolute Gasteiger partial charge is 0.371 e. The summed E-state index contributed by atoms with van der Waals surface area (Å²) in [5, 5.41) is 8.19. The van der Waals surface area contributed by atoms with Crippen molar-refractivity contribution in [2.75, 3.05) is 10.6 Å². The van der Waals surface area contributed by atoms with E-state index >= 15 is 0 Å². The average molecular weight is 384 g/mol. The molecule has 1 spiro atoms. The van der Waals surface area contributed by atoms with E-state index < -0.39 is 0 Å². The van der Waals surface area contributed by atoms with Crippen LogP contribution < -0.4 is 10.6 Å². The molecule has 0 aromatic heterocycles. The molecule has 1 aliphatic carbocycles. The van der Waals surface area contributed by atoms with Gasteiger partial charge in [0.25, 0.3) is 0 Å². The van der Waals surface area contributed by atoms with Crippen molar-refractivity contribution in [1.29, 1.82) is 0 Å². The van der Waals surface area contributed by atoms with Gasteiger partial charge in [0.2, 0.25) is 0 Å². The Morgan fingerprint density at radius 2 is 1.63 bits per heavy atom. The zero-order chi connectivity index (χ0) is 19.3. The van der Waals surface area contributed by atoms with E-state index in [4.69, 9.17) is 16.6 Å². The van der Waals surface area contributed by atoms with Crippen LogP contribution in [0, 0.1) is 5.92 Å². The number of aliphatic imine (C=N–C) groups is 1. The number of nitrogens with one attached hydrogen (secondary N) is 2. The Morgan fingerprint density at radius 3 is 2.33 bits per heavy atom. The molecule has 1 saturated carbocycles. The summed E-state index contributed by atoms with van der Waals surface area (Å²) in [5.41, 5.74) is 3.26. The number of halogens is 1. The second-order valence-corrected chi connectivity index (χ2v) is 7.72. The number of rotatable bonds is 2. The predicted octanol–water partition coefficient (Wildman–Crippen LogP) is 6.75. The number of hydrogen-bond acceptors (Lipinski definition) is 2. The van der Waals surface area contributed by atoms with E-state index in [0.29, 0.717) is 6.54 Å². The van der Waals surface area contributed by atoms with Crippen LogP contribution in [0.5, 0.6) is 0 Å². The minimum atomic E-state index is -0.0812. The van der Waals surface area contributed by atoms with Crippen molar-refractivity contribution in [3.05, 3.63) is 59.1 Å². The molecule has 0 unspecified atom stereocenters. The summed E-state index contributed by atoms with van der Waals surface area (Å²) in [7, 11) is 0. The minimum Gasteiger partial charge on any atom is -0.371 e. The molecular weight excluding hydrogens is 354 g/mol. The predicted molar refractivity (Wildman–Crippen MR) is 118 cm³/mol. The van der Waals surface area contributed by atoms with Gasteiger partial charge >= 0.3 is 0 Å². The topological polar surface area (TPSA) is 36.4 Å². The third-order valence-electron chi connectivity index (χ3n) is 5.50. The van der Waals surface area contributed by atoms with Gasteiger partial charge in [-0.25, -0.2) is 0 Å². The van der Waals surface area contributed by atoms with Crippen molar-refractivity contribution in [3.8, 4) is 0 Å². The quantitative estimate of drug-likeness (QED) is 0.601. The normalized spacial score (nSPS) is 25.0. The molecule has 1 aliphatic heterocycles. The first-order valence-electron chi connectivity index (χ1n) is 10.1. The van der Waals surface area contributed by atoms with Crippen LogP contribution >= 0.6 is 11.6 Å². The zero-order valence-corrected chi connectivity index (χ0v) is 17.3. The van der Waals surface area contributed by atoms with Crippen molar-refractivity contribution in [2.45, 2.75) is 58.5 Å². The molecule has 2 aromatic rings. The molecule has 4 heteroatoms. The van der Waals surface area contributed by atoms with Crippen LogP contribution in [0.15, 0.2) is 53.5 Å². The lowest BCUT2D eigenvalue weighted by Gasteiger charge is -2.45. The second kappa shape index (κ2) is 8.79. The first-order valence-corrected chi connectivity index (χ1v) is 10.5. The van der Waals surface area contributed by atoms with E-state index in [2.05, 4.69) is 41.8 Å². The molecule has 0 saturated heterocycles. The summed E-state index contributed by atoms with van der Waals surface area (Å²) in [6.07, 6.45) is 4.66. The van der Waals surface area contributed by atoms with Crippen LogP contribution in [-0.2, 0) is 6.54 Å². The van der Waals surface area contributed by atoms with Crippen LogP contribution in [0.3, 0.4) is 0 Å². The molecule has 0 atom stereocenters. The van der Waals surface area contributed by atoms with Crippen LogP contribution in [0.1, 0.15) is 52.0 Å². The summed E-state index contributed by atoms with van der Waals surface area (Å²) >= 11 is 6.31. The van der Waals surface area contributed by atoms with E-state index in [1.54, 1.807) is 0 Å². The lowest BCUT2D eigenvalue weighted by molar-refractivity contribution is 0.321. The Balaban J connectivity index is 0.00000102. The van der Waals surface area contributed by atoms with Crippen LogP contribution in [0.2, 0.25) is 5.02 Å². The second-order valence-electron chi connectivity index (χ2n) is 7.32. The molecule has 0 radical (unpaired) electrons. The molecule has 1 heterocycles. The molecule has 4 rings (SSSR count). The Kier molecular flexibility index (Phi) is 6.43. The number of anilines is 2. The highest BCUT2D eigenvalue weighted by Crippen LogP contribution is 2.41. The van der Waals surface area contributed by atoms with Gasteiger partial charge in [-0.15, -0.1) is 0 Å². The van der Waals surface area contributed by atoms with Gasteiger partial charge < -0.3 is 10.6 Å². The molecule has 1 fully saturated rings. The van der Waals surface area contributed by atoms with E-state index in [-0.39, 0.29) is 5.54 Å². The average Bonchev–Trinajstić information content (AvgIpc) is 2.71. The summed E-state index contributed by atoms with van der Waals surface area (Å²) < 4.78 is 0. The number of para-hydroxylation sites is 2. The molecule has 2 N–H and O–H groups in total. The molecule has 0 amide bonds. The third-order valence-corrected chi connectivity index (χ3v) is 5.87. The molecule has 27 heavy (non-hydrogen) atoms. The SMILES string of the molecule is CC.CC1CCC2(CC1)Nc1ccccc1NC2=NCc1ccccc1Cl. The maximum Gasteiger partial charge on any atom is 0.127 e. The first-order chi connectivity index (χ1) is 13.2. The number of nitrogens with zero attached hydrogens (tertiary/aromatic N) is 1. The lowest BCUT2D eigenvalue weighted by Crippen LogP contribution is -2.54. The van der Waals surface area contributed by atoms with E-state index in [9.17, 15) is 0 Å². The number of benzene rings is 2. The van der Waals surface area contributed by atoms with Gasteiger partial charge in [-0.1, -0.05) is 62.7 Å². The first kappa shape index (κ1) is 19.8. The van der Waals surface area contributed by atoms with Crippen molar-refractivity contribution >= 4 is 28.8 Å². The van der Waals surface area contributed by atoms with Crippen LogP contribution in [0.25, 0.3) is 0 Å². The van der Waals surface area contributed by atoms with Crippen LogP contribution in [0.4, 0.5) is 11.4 Å². The third kappa shape index (κ3) is 4.30. The van der Waals surface area contributed by atoms with Crippen molar-refractivity contribution in [1.82, 2.24) is 0 Å². The van der Waals surface area contributed by atoms with Gasteiger partial charge in [-0.3, -0.25) is 4.99 Å². The molecule has 3 nitrogen and oxygen atoms in total. The monoisotopic (exact) mass is 383 g/mol. The number of fused-ring (bicyclic) bond motifs is 1. The van der Waals surface area contributed by atoms with Crippen molar-refractivity contribution in [3.63, 3.8) is 0 Å². The van der Waals surface area contributed by atoms with Crippen LogP contribution in [-0.4, -0.2) is 11.4 Å². The Morgan fingerprint density at radius 1 is 1.00 bits per heavy atom. The Bertz CT molecular complexity index is 792. The highest BCUT2D eigenvalue weighted by Gasteiger charge is 2.42. The van der Waals surface area contributed by atoms with Crippen molar-refractivity contribution < 1.29 is 0 Å². The summed E-state index contributed by atoms with van der Waals surface area (Å²) in [5.74, 6) is 1.84. The fourth-order valence-corrected chi connectivity index (χ4v) is 4.06. The van der Waals surface area contributed by atoms with Gasteiger partial charge in [0.05, 0.1) is 23.5 Å². The highest BCUT2D eigenvalue weighted by atomic mass is 35.5. The summed E-state index contributed by atoms with van der Waals surface area (Å²) in [6.45, 7) is 6.95. The standard InChI is InChI=1S/C21H24ClN3.C2H6/c1-15-10-12-21(13-11-15)20(23-14-16-6-2-3-7-17(16)22)24-18-8-4-5-9-19(18)25-21;1-2/h2-9,15,25H,10-14H2,1H3,(H,23,24);1-2H3. The lowest BCUT2D eigenvalue weighted by atomic mass is 9.75. The number of hydrogen-bond donors (Lipinski definition) is 2. The smallest absolute Gasteiger partial charge is 0.127 e. The molecule has 0 bridgehead atoms. The van der Waals surface area contributed by atoms with E-state index in [1.165, 1.54) is 18.5 Å². The molecule has 2 aliphatic rings. The Hall–Kier alpha value is -2.00. The van der Waals surface area contributed by atoms with Gasteiger partial charge in [0.15, 0.2) is 0 Å². The van der Waals surface area contributed by atoms with Crippen molar-refractivity contribution in [2.24, 2.45) is 10.9 Å². The maximum atomic E-state index is 6.31. The van der Waals surface area contributed by atoms with E-state index in [0.717, 1.165) is 40.9 Å². The van der Waals surface area contributed by atoms with Gasteiger partial charge in [-0.05, 0) is 55.4 Å². The van der Waals surface area contributed by atoms with Gasteiger partial charge in [-0.2, -0.15) is 0 Å². The fourth-order valence-electron chi connectivity index (χ4n) is 3.86. The zero-order valence-electron chi connectivity index (χ0n) is 16.6. The minimum absolute atomic E-state index is 0.0812. The molecule has 144 valence electrons. The van der Waals surface area contributed by atoms with Gasteiger partial charge in [0.1, 0.15) is 5.84 Å². The summed E-state index contributed by atoms with van der Waals surface area (Å²) in [6, 6.07) is 16.3. The fraction of sp³-hybridized carbons (Fsp3) is 0.435. The van der Waals surface area contributed by atoms with Gasteiger partial charge in [0, 0.05) is 5.02 Å². The summed E-state index contributed by atoms with van der Waals surface area (Å²) in [4.78, 5) is 4.97. The highest BCUT2D eigenvalue weighted by molar-refractivity contribution is 6.31. The molecular formula is C23H30ClN3. The number of amidine groups is 1.